The van der Waals surface area contributed by atoms with E-state index < -0.39 is 0 Å². The number of thioether (sulfide) groups is 1. The van der Waals surface area contributed by atoms with Gasteiger partial charge >= 0.3 is 0 Å². The third-order valence-corrected chi connectivity index (χ3v) is 7.60. The molecule has 0 spiro atoms. The van der Waals surface area contributed by atoms with E-state index in [9.17, 15) is 4.79 Å². The Morgan fingerprint density at radius 2 is 1.67 bits per heavy atom. The van der Waals surface area contributed by atoms with Crippen LogP contribution >= 0.6 is 11.8 Å². The molecule has 0 aliphatic rings. The summed E-state index contributed by atoms with van der Waals surface area (Å²) in [5.74, 6) is 3.26. The fourth-order valence-electron chi connectivity index (χ4n) is 4.25. The average Bonchev–Trinajstić information content (AvgIpc) is 3.40. The number of hydrogen-bond acceptors (Lipinski definition) is 6. The molecule has 0 atom stereocenters. The second kappa shape index (κ2) is 13.8. The number of methoxy groups -OCH3 is 2. The maximum absolute atomic E-state index is 12.7. The SMILES string of the molecule is COc1ccc(CCN(C)C(=O)CCCCSc2nnc(-c3ccc(C)cc3)n2-c2ccccc2)cc1OC. The molecule has 8 heteroatoms. The highest BCUT2D eigenvalue weighted by atomic mass is 32.2. The lowest BCUT2D eigenvalue weighted by atomic mass is 10.1. The number of carbonyl (C=O) groups excluding carboxylic acids is 1. The smallest absolute Gasteiger partial charge is 0.222 e. The van der Waals surface area contributed by atoms with Gasteiger partial charge in [0.25, 0.3) is 0 Å². The summed E-state index contributed by atoms with van der Waals surface area (Å²) in [5, 5.41) is 9.89. The van der Waals surface area contributed by atoms with Crippen LogP contribution in [0.5, 0.6) is 11.5 Å². The summed E-state index contributed by atoms with van der Waals surface area (Å²) in [6.07, 6.45) is 3.04. The highest BCUT2D eigenvalue weighted by molar-refractivity contribution is 7.99. The van der Waals surface area contributed by atoms with Crippen LogP contribution in [0.3, 0.4) is 0 Å². The number of aryl methyl sites for hydroxylation is 1. The van der Waals surface area contributed by atoms with Crippen LogP contribution in [-0.4, -0.2) is 59.1 Å². The van der Waals surface area contributed by atoms with E-state index >= 15 is 0 Å². The number of ether oxygens (including phenoxy) is 2. The molecule has 39 heavy (non-hydrogen) atoms. The molecule has 0 aliphatic carbocycles. The molecule has 0 N–H and O–H groups in total. The van der Waals surface area contributed by atoms with Gasteiger partial charge in [-0.3, -0.25) is 9.36 Å². The molecule has 0 radical (unpaired) electrons. The van der Waals surface area contributed by atoms with Crippen LogP contribution in [0.4, 0.5) is 0 Å². The number of nitrogens with zero attached hydrogens (tertiary/aromatic N) is 4. The predicted molar refractivity (Wildman–Crippen MR) is 157 cm³/mol. The van der Waals surface area contributed by atoms with Crippen molar-refractivity contribution < 1.29 is 14.3 Å². The Bertz CT molecular complexity index is 1360. The summed E-state index contributed by atoms with van der Waals surface area (Å²) in [6, 6.07) is 24.4. The molecule has 1 amide bonds. The fraction of sp³-hybridized carbons (Fsp3) is 0.323. The Labute approximate surface area is 235 Å². The summed E-state index contributed by atoms with van der Waals surface area (Å²) in [7, 11) is 5.12. The van der Waals surface area contributed by atoms with Crippen LogP contribution in [0, 0.1) is 6.92 Å². The van der Waals surface area contributed by atoms with Gasteiger partial charge in [-0.1, -0.05) is 65.9 Å². The van der Waals surface area contributed by atoms with Gasteiger partial charge in [0.1, 0.15) is 0 Å². The molecule has 4 rings (SSSR count). The van der Waals surface area contributed by atoms with Gasteiger partial charge in [0.2, 0.25) is 5.91 Å². The van der Waals surface area contributed by atoms with Gasteiger partial charge in [-0.15, -0.1) is 10.2 Å². The minimum absolute atomic E-state index is 0.162. The van der Waals surface area contributed by atoms with Crippen molar-refractivity contribution in [3.05, 3.63) is 83.9 Å². The van der Waals surface area contributed by atoms with E-state index in [0.717, 1.165) is 52.8 Å². The lowest BCUT2D eigenvalue weighted by Gasteiger charge is -2.17. The topological polar surface area (TPSA) is 69.5 Å². The second-order valence-electron chi connectivity index (χ2n) is 9.40. The average molecular weight is 545 g/mol. The van der Waals surface area contributed by atoms with Crippen LogP contribution in [0.1, 0.15) is 30.4 Å². The third kappa shape index (κ3) is 7.41. The van der Waals surface area contributed by atoms with E-state index in [1.807, 2.05) is 48.3 Å². The molecule has 1 aromatic heterocycles. The largest absolute Gasteiger partial charge is 0.493 e. The molecular formula is C31H36N4O3S. The standard InChI is InChI=1S/C31H36N4O3S/c1-23-13-16-25(17-14-23)30-32-33-31(35(30)26-10-6-5-7-11-26)39-21-9-8-12-29(36)34(2)20-19-24-15-18-27(37-3)28(22-24)38-4/h5-7,10-11,13-18,22H,8-9,12,19-21H2,1-4H3. The maximum Gasteiger partial charge on any atom is 0.222 e. The number of unbranched alkanes of at least 4 members (excludes halogenated alkanes) is 1. The maximum atomic E-state index is 12.7. The van der Waals surface area contributed by atoms with Crippen molar-refractivity contribution in [1.29, 1.82) is 0 Å². The molecule has 0 saturated carbocycles. The molecule has 3 aromatic carbocycles. The molecular weight excluding hydrogens is 508 g/mol. The van der Waals surface area contributed by atoms with Gasteiger partial charge < -0.3 is 14.4 Å². The quantitative estimate of drug-likeness (QED) is 0.147. The number of benzene rings is 3. The van der Waals surface area contributed by atoms with Gasteiger partial charge in [0, 0.05) is 37.0 Å². The molecule has 0 bridgehead atoms. The summed E-state index contributed by atoms with van der Waals surface area (Å²) in [5.41, 5.74) is 4.38. The minimum Gasteiger partial charge on any atom is -0.493 e. The zero-order valence-corrected chi connectivity index (χ0v) is 23.9. The Morgan fingerprint density at radius 1 is 0.923 bits per heavy atom. The Hall–Kier alpha value is -3.78. The predicted octanol–water partition coefficient (Wildman–Crippen LogP) is 6.22. The monoisotopic (exact) mass is 544 g/mol. The van der Waals surface area contributed by atoms with Gasteiger partial charge in [0.15, 0.2) is 22.5 Å². The zero-order chi connectivity index (χ0) is 27.6. The number of rotatable bonds is 13. The van der Waals surface area contributed by atoms with Crippen molar-refractivity contribution in [3.63, 3.8) is 0 Å². The Balaban J connectivity index is 1.28. The van der Waals surface area contributed by atoms with E-state index in [2.05, 4.69) is 58.1 Å². The van der Waals surface area contributed by atoms with Crippen molar-refractivity contribution >= 4 is 17.7 Å². The number of hydrogen-bond donors (Lipinski definition) is 0. The zero-order valence-electron chi connectivity index (χ0n) is 23.1. The summed E-state index contributed by atoms with van der Waals surface area (Å²) in [6.45, 7) is 2.73. The van der Waals surface area contributed by atoms with Crippen LogP contribution in [0.2, 0.25) is 0 Å². The van der Waals surface area contributed by atoms with E-state index in [-0.39, 0.29) is 5.91 Å². The van der Waals surface area contributed by atoms with Crippen LogP contribution in [-0.2, 0) is 11.2 Å². The van der Waals surface area contributed by atoms with Crippen LogP contribution < -0.4 is 9.47 Å². The van der Waals surface area contributed by atoms with Crippen LogP contribution in [0.15, 0.2) is 78.0 Å². The number of carbonyl (C=O) groups is 1. The Morgan fingerprint density at radius 3 is 2.38 bits per heavy atom. The van der Waals surface area contributed by atoms with Crippen molar-refractivity contribution in [2.45, 2.75) is 37.8 Å². The highest BCUT2D eigenvalue weighted by Gasteiger charge is 2.16. The van der Waals surface area contributed by atoms with Gasteiger partial charge in [0.05, 0.1) is 14.2 Å². The van der Waals surface area contributed by atoms with Gasteiger partial charge in [-0.25, -0.2) is 0 Å². The number of amides is 1. The van der Waals surface area contributed by atoms with E-state index in [0.29, 0.717) is 24.5 Å². The number of para-hydroxylation sites is 1. The minimum atomic E-state index is 0.162. The lowest BCUT2D eigenvalue weighted by molar-refractivity contribution is -0.129. The molecule has 1 heterocycles. The molecule has 0 aliphatic heterocycles. The van der Waals surface area contributed by atoms with Gasteiger partial charge in [-0.2, -0.15) is 0 Å². The molecule has 4 aromatic rings. The van der Waals surface area contributed by atoms with Crippen molar-refractivity contribution in [3.8, 4) is 28.6 Å². The van der Waals surface area contributed by atoms with Crippen LogP contribution in [0.25, 0.3) is 17.1 Å². The Kier molecular flexibility index (Phi) is 10.0. The first-order valence-electron chi connectivity index (χ1n) is 13.2. The molecule has 0 fully saturated rings. The third-order valence-electron chi connectivity index (χ3n) is 6.58. The molecule has 7 nitrogen and oxygen atoms in total. The first-order valence-corrected chi connectivity index (χ1v) is 14.1. The number of aromatic nitrogens is 3. The molecule has 204 valence electrons. The van der Waals surface area contributed by atoms with Crippen molar-refractivity contribution in [2.75, 3.05) is 33.6 Å². The van der Waals surface area contributed by atoms with Crippen molar-refractivity contribution in [2.24, 2.45) is 0 Å². The first-order chi connectivity index (χ1) is 19.0. The molecule has 0 saturated heterocycles. The van der Waals surface area contributed by atoms with Gasteiger partial charge in [-0.05, 0) is 56.0 Å². The first kappa shape index (κ1) is 28.2. The van der Waals surface area contributed by atoms with E-state index in [1.165, 1.54) is 5.56 Å². The normalized spacial score (nSPS) is 10.9. The fourth-order valence-corrected chi connectivity index (χ4v) is 5.20. The molecule has 0 unspecified atom stereocenters. The summed E-state index contributed by atoms with van der Waals surface area (Å²) >= 11 is 1.68. The lowest BCUT2D eigenvalue weighted by Crippen LogP contribution is -2.28. The second-order valence-corrected chi connectivity index (χ2v) is 10.5. The highest BCUT2D eigenvalue weighted by Crippen LogP contribution is 2.29. The van der Waals surface area contributed by atoms with E-state index in [1.54, 1.807) is 26.0 Å². The van der Waals surface area contributed by atoms with E-state index in [4.69, 9.17) is 9.47 Å². The number of likely N-dealkylation sites (N-methyl/N-ethyl adjacent to an activating group) is 1. The summed E-state index contributed by atoms with van der Waals surface area (Å²) in [4.78, 5) is 14.5. The van der Waals surface area contributed by atoms with Crippen molar-refractivity contribution in [1.82, 2.24) is 19.7 Å². The summed E-state index contributed by atoms with van der Waals surface area (Å²) < 4.78 is 12.8.